The first kappa shape index (κ1) is 12.5. The fourth-order valence-electron chi connectivity index (χ4n) is 2.37. The molecule has 3 rings (SSSR count). The van der Waals surface area contributed by atoms with Crippen LogP contribution in [0.5, 0.6) is 0 Å². The number of alkyl halides is 3. The smallest absolute Gasteiger partial charge is 0.363 e. The van der Waals surface area contributed by atoms with E-state index >= 15 is 0 Å². The second-order valence-electron chi connectivity index (χ2n) is 4.62. The van der Waals surface area contributed by atoms with E-state index in [2.05, 4.69) is 10.4 Å². The van der Waals surface area contributed by atoms with Crippen molar-refractivity contribution < 1.29 is 13.2 Å². The van der Waals surface area contributed by atoms with Gasteiger partial charge in [0, 0.05) is 17.4 Å². The highest BCUT2D eigenvalue weighted by molar-refractivity contribution is 7.10. The molecule has 19 heavy (non-hydrogen) atoms. The summed E-state index contributed by atoms with van der Waals surface area (Å²) in [5, 5.41) is 8.96. The highest BCUT2D eigenvalue weighted by atomic mass is 32.1. The standard InChI is InChI=1S/C12H12F3N3S/c1-7-5-11-16-8(9-3-2-4-19-9)6-10(12(13,14)15)18(11)17-7/h2-5,8,10,16H,6H2,1H3/t8-,10-/m0/s1. The summed E-state index contributed by atoms with van der Waals surface area (Å²) in [5.74, 6) is 0.435. The number of hydrogen-bond acceptors (Lipinski definition) is 3. The number of rotatable bonds is 1. The third kappa shape index (κ3) is 2.22. The molecule has 2 aromatic rings. The minimum absolute atomic E-state index is 0.0296. The normalized spacial score (nSPS) is 22.9. The lowest BCUT2D eigenvalue weighted by atomic mass is 10.0. The molecule has 0 aromatic carbocycles. The maximum absolute atomic E-state index is 13.2. The summed E-state index contributed by atoms with van der Waals surface area (Å²) in [6, 6.07) is 3.48. The number of anilines is 1. The first-order valence-electron chi connectivity index (χ1n) is 5.88. The summed E-state index contributed by atoms with van der Waals surface area (Å²) >= 11 is 1.46. The number of hydrogen-bond donors (Lipinski definition) is 1. The number of halogens is 3. The second-order valence-corrected chi connectivity index (χ2v) is 5.60. The number of nitrogens with one attached hydrogen (secondary N) is 1. The van der Waals surface area contributed by atoms with Gasteiger partial charge in [-0.25, -0.2) is 4.68 Å². The van der Waals surface area contributed by atoms with Crippen molar-refractivity contribution in [3.8, 4) is 0 Å². The van der Waals surface area contributed by atoms with Crippen molar-refractivity contribution in [2.24, 2.45) is 0 Å². The van der Waals surface area contributed by atoms with Crippen molar-refractivity contribution in [1.29, 1.82) is 0 Å². The molecule has 0 radical (unpaired) electrons. The summed E-state index contributed by atoms with van der Waals surface area (Å²) in [6.45, 7) is 1.70. The highest BCUT2D eigenvalue weighted by Crippen LogP contribution is 2.44. The Bertz CT molecular complexity index is 574. The van der Waals surface area contributed by atoms with E-state index in [1.54, 1.807) is 13.0 Å². The van der Waals surface area contributed by atoms with Crippen molar-refractivity contribution >= 4 is 17.2 Å². The summed E-state index contributed by atoms with van der Waals surface area (Å²) < 4.78 is 40.5. The Kier molecular flexibility index (Phi) is 2.81. The second kappa shape index (κ2) is 4.26. The lowest BCUT2D eigenvalue weighted by Crippen LogP contribution is -2.35. The molecule has 7 heteroatoms. The largest absolute Gasteiger partial charge is 0.410 e. The van der Waals surface area contributed by atoms with Crippen molar-refractivity contribution in [1.82, 2.24) is 9.78 Å². The van der Waals surface area contributed by atoms with Crippen LogP contribution in [0.4, 0.5) is 19.0 Å². The van der Waals surface area contributed by atoms with Crippen LogP contribution in [0, 0.1) is 6.92 Å². The fourth-order valence-corrected chi connectivity index (χ4v) is 3.16. The molecule has 0 saturated heterocycles. The topological polar surface area (TPSA) is 29.9 Å². The molecule has 2 atom stereocenters. The van der Waals surface area contributed by atoms with Crippen LogP contribution in [0.3, 0.4) is 0 Å². The molecule has 2 aromatic heterocycles. The maximum atomic E-state index is 13.2. The van der Waals surface area contributed by atoms with E-state index in [-0.39, 0.29) is 12.5 Å². The predicted octanol–water partition coefficient (Wildman–Crippen LogP) is 3.91. The van der Waals surface area contributed by atoms with Crippen LogP contribution in [0.15, 0.2) is 23.6 Å². The van der Waals surface area contributed by atoms with Gasteiger partial charge in [-0.05, 0) is 18.4 Å². The number of aryl methyl sites for hydroxylation is 1. The summed E-state index contributed by atoms with van der Waals surface area (Å²) in [5.41, 5.74) is 0.587. The molecular weight excluding hydrogens is 275 g/mol. The average Bonchev–Trinajstić information content (AvgIpc) is 2.92. The van der Waals surface area contributed by atoms with Crippen molar-refractivity contribution in [2.45, 2.75) is 31.6 Å². The molecule has 0 amide bonds. The van der Waals surface area contributed by atoms with E-state index in [9.17, 15) is 13.2 Å². The van der Waals surface area contributed by atoms with Crippen LogP contribution in [-0.2, 0) is 0 Å². The van der Waals surface area contributed by atoms with Gasteiger partial charge in [0.1, 0.15) is 5.82 Å². The molecule has 102 valence electrons. The zero-order valence-electron chi connectivity index (χ0n) is 10.1. The van der Waals surface area contributed by atoms with Gasteiger partial charge in [0.2, 0.25) is 0 Å². The number of aromatic nitrogens is 2. The summed E-state index contributed by atoms with van der Waals surface area (Å²) in [6.07, 6.45) is -4.32. The predicted molar refractivity (Wildman–Crippen MR) is 67.4 cm³/mol. The van der Waals surface area contributed by atoms with Gasteiger partial charge in [-0.1, -0.05) is 6.07 Å². The Hall–Kier alpha value is -1.50. The van der Waals surface area contributed by atoms with Gasteiger partial charge in [-0.15, -0.1) is 11.3 Å². The lowest BCUT2D eigenvalue weighted by Gasteiger charge is -2.32. The molecule has 0 fully saturated rings. The van der Waals surface area contributed by atoms with E-state index in [1.165, 1.54) is 11.3 Å². The molecule has 1 N–H and O–H groups in total. The van der Waals surface area contributed by atoms with E-state index in [4.69, 9.17) is 0 Å². The average molecular weight is 287 g/mol. The van der Waals surface area contributed by atoms with Crippen LogP contribution in [-0.4, -0.2) is 16.0 Å². The minimum Gasteiger partial charge on any atom is -0.363 e. The Balaban J connectivity index is 2.01. The van der Waals surface area contributed by atoms with E-state index in [0.717, 1.165) is 9.56 Å². The van der Waals surface area contributed by atoms with Gasteiger partial charge >= 0.3 is 6.18 Å². The minimum atomic E-state index is -4.29. The van der Waals surface area contributed by atoms with E-state index in [1.807, 2.05) is 17.5 Å². The summed E-state index contributed by atoms with van der Waals surface area (Å²) in [4.78, 5) is 0.916. The maximum Gasteiger partial charge on any atom is 0.410 e. The molecule has 3 heterocycles. The van der Waals surface area contributed by atoms with Gasteiger partial charge in [0.05, 0.1) is 11.7 Å². The van der Waals surface area contributed by atoms with Crippen molar-refractivity contribution in [3.05, 3.63) is 34.2 Å². The van der Waals surface area contributed by atoms with Crippen LogP contribution < -0.4 is 5.32 Å². The Morgan fingerprint density at radius 2 is 2.26 bits per heavy atom. The van der Waals surface area contributed by atoms with Gasteiger partial charge < -0.3 is 5.32 Å². The van der Waals surface area contributed by atoms with Crippen LogP contribution >= 0.6 is 11.3 Å². The first-order valence-corrected chi connectivity index (χ1v) is 6.76. The van der Waals surface area contributed by atoms with Crippen LogP contribution in [0.2, 0.25) is 0 Å². The third-order valence-electron chi connectivity index (χ3n) is 3.20. The number of nitrogens with zero attached hydrogens (tertiary/aromatic N) is 2. The molecule has 1 aliphatic heterocycles. The highest BCUT2D eigenvalue weighted by Gasteiger charge is 2.46. The molecule has 3 nitrogen and oxygen atoms in total. The van der Waals surface area contributed by atoms with Crippen LogP contribution in [0.25, 0.3) is 0 Å². The zero-order valence-corrected chi connectivity index (χ0v) is 10.9. The van der Waals surface area contributed by atoms with Gasteiger partial charge in [-0.3, -0.25) is 0 Å². The molecular formula is C12H12F3N3S. The van der Waals surface area contributed by atoms with Crippen LogP contribution in [0.1, 0.15) is 29.1 Å². The molecule has 1 aliphatic rings. The SMILES string of the molecule is Cc1cc2n(n1)[C@H](C(F)(F)F)C[C@@H](c1cccs1)N2. The van der Waals surface area contributed by atoms with E-state index < -0.39 is 12.2 Å². The van der Waals surface area contributed by atoms with Crippen molar-refractivity contribution in [3.63, 3.8) is 0 Å². The lowest BCUT2D eigenvalue weighted by molar-refractivity contribution is -0.173. The Morgan fingerprint density at radius 3 is 2.89 bits per heavy atom. The summed E-state index contributed by atoms with van der Waals surface area (Å²) in [7, 11) is 0. The molecule has 0 saturated carbocycles. The van der Waals surface area contributed by atoms with E-state index in [0.29, 0.717) is 11.5 Å². The first-order chi connectivity index (χ1) is 8.95. The zero-order chi connectivity index (χ0) is 13.6. The molecule has 0 unspecified atom stereocenters. The van der Waals surface area contributed by atoms with Gasteiger partial charge in [0.15, 0.2) is 6.04 Å². The number of fused-ring (bicyclic) bond motifs is 1. The number of thiophene rings is 1. The molecule has 0 bridgehead atoms. The molecule has 0 aliphatic carbocycles. The van der Waals surface area contributed by atoms with Gasteiger partial charge in [-0.2, -0.15) is 18.3 Å². The third-order valence-corrected chi connectivity index (χ3v) is 4.18. The van der Waals surface area contributed by atoms with Crippen molar-refractivity contribution in [2.75, 3.05) is 5.32 Å². The quantitative estimate of drug-likeness (QED) is 0.861. The monoisotopic (exact) mass is 287 g/mol. The fraction of sp³-hybridized carbons (Fsp3) is 0.417. The molecule has 0 spiro atoms. The van der Waals surface area contributed by atoms with Gasteiger partial charge in [0.25, 0.3) is 0 Å². The Morgan fingerprint density at radius 1 is 1.47 bits per heavy atom. The Labute approximate surface area is 112 Å².